The lowest BCUT2D eigenvalue weighted by Gasteiger charge is -2.28. The molecule has 1 aliphatic heterocycles. The van der Waals surface area contributed by atoms with E-state index < -0.39 is 0 Å². The zero-order valence-electron chi connectivity index (χ0n) is 13.7. The lowest BCUT2D eigenvalue weighted by Crippen LogP contribution is -3.12. The molecule has 4 nitrogen and oxygen atoms in total. The molecule has 2 heterocycles. The van der Waals surface area contributed by atoms with Crippen molar-refractivity contribution in [1.82, 2.24) is 4.98 Å². The maximum Gasteiger partial charge on any atom is 0.198 e. The van der Waals surface area contributed by atoms with Crippen LogP contribution in [0.3, 0.4) is 0 Å². The van der Waals surface area contributed by atoms with Crippen molar-refractivity contribution in [2.24, 2.45) is 5.92 Å². The lowest BCUT2D eigenvalue weighted by atomic mass is 9.99. The second-order valence-electron chi connectivity index (χ2n) is 6.60. The molecule has 2 aromatic rings. The number of pyridine rings is 1. The maximum absolute atomic E-state index is 12.9. The third-order valence-electron chi connectivity index (χ3n) is 4.81. The zero-order chi connectivity index (χ0) is 15.7. The summed E-state index contributed by atoms with van der Waals surface area (Å²) < 4.78 is 5.25. The van der Waals surface area contributed by atoms with Crippen LogP contribution in [0.2, 0.25) is 0 Å². The molecule has 4 heteroatoms. The second-order valence-corrected chi connectivity index (χ2v) is 6.60. The number of benzene rings is 1. The molecule has 22 heavy (non-hydrogen) atoms. The van der Waals surface area contributed by atoms with E-state index in [0.717, 1.165) is 46.9 Å². The number of hydrogen-bond acceptors (Lipinski definition) is 2. The van der Waals surface area contributed by atoms with Gasteiger partial charge < -0.3 is 14.6 Å². The Hall–Kier alpha value is -1.81. The Morgan fingerprint density at radius 2 is 2.23 bits per heavy atom. The average Bonchev–Trinajstić information content (AvgIpc) is 2.51. The molecule has 1 fully saturated rings. The minimum atomic E-state index is 0.149. The van der Waals surface area contributed by atoms with Gasteiger partial charge in [0.25, 0.3) is 0 Å². The van der Waals surface area contributed by atoms with E-state index in [1.54, 1.807) is 7.11 Å². The van der Waals surface area contributed by atoms with Gasteiger partial charge in [-0.3, -0.25) is 4.79 Å². The summed E-state index contributed by atoms with van der Waals surface area (Å²) in [6, 6.07) is 5.64. The summed E-state index contributed by atoms with van der Waals surface area (Å²) in [5, 5.41) is 0.726. The highest BCUT2D eigenvalue weighted by Crippen LogP contribution is 2.18. The molecule has 1 aromatic carbocycles. The summed E-state index contributed by atoms with van der Waals surface area (Å²) in [5.41, 5.74) is 2.95. The Bertz CT molecular complexity index is 736. The van der Waals surface area contributed by atoms with E-state index in [1.165, 1.54) is 24.3 Å². The van der Waals surface area contributed by atoms with Crippen molar-refractivity contribution < 1.29 is 9.64 Å². The predicted molar refractivity (Wildman–Crippen MR) is 88.7 cm³/mol. The SMILES string of the molecule is COc1ccc2[nH]c(C)c(C[NH+]3CCCC(C)C3)c(=O)c2c1. The van der Waals surface area contributed by atoms with Crippen LogP contribution in [-0.4, -0.2) is 25.2 Å². The van der Waals surface area contributed by atoms with Crippen LogP contribution in [0.1, 0.15) is 31.0 Å². The van der Waals surface area contributed by atoms with Crippen molar-refractivity contribution in [3.63, 3.8) is 0 Å². The van der Waals surface area contributed by atoms with Gasteiger partial charge in [-0.2, -0.15) is 0 Å². The van der Waals surface area contributed by atoms with E-state index in [2.05, 4.69) is 11.9 Å². The first-order valence-corrected chi connectivity index (χ1v) is 8.11. The molecule has 2 atom stereocenters. The monoisotopic (exact) mass is 301 g/mol. The van der Waals surface area contributed by atoms with E-state index in [-0.39, 0.29) is 5.43 Å². The van der Waals surface area contributed by atoms with E-state index in [1.807, 2.05) is 25.1 Å². The molecule has 118 valence electrons. The van der Waals surface area contributed by atoms with Crippen LogP contribution in [0.15, 0.2) is 23.0 Å². The van der Waals surface area contributed by atoms with Crippen molar-refractivity contribution >= 4 is 10.9 Å². The summed E-state index contributed by atoms with van der Waals surface area (Å²) >= 11 is 0. The number of H-pyrrole nitrogens is 1. The molecule has 0 amide bonds. The number of piperidine rings is 1. The fourth-order valence-corrected chi connectivity index (χ4v) is 3.58. The summed E-state index contributed by atoms with van der Waals surface area (Å²) in [4.78, 5) is 17.8. The molecular formula is C18H25N2O2+. The van der Waals surface area contributed by atoms with Gasteiger partial charge in [-0.05, 0) is 38.0 Å². The van der Waals surface area contributed by atoms with Crippen molar-refractivity contribution in [2.75, 3.05) is 20.2 Å². The summed E-state index contributed by atoms with van der Waals surface area (Å²) in [5.74, 6) is 1.48. The second kappa shape index (κ2) is 6.13. The average molecular weight is 301 g/mol. The number of methoxy groups -OCH3 is 1. The zero-order valence-corrected chi connectivity index (χ0v) is 13.7. The number of rotatable bonds is 3. The lowest BCUT2D eigenvalue weighted by molar-refractivity contribution is -0.922. The van der Waals surface area contributed by atoms with Crippen molar-refractivity contribution in [1.29, 1.82) is 0 Å². The Morgan fingerprint density at radius 1 is 1.41 bits per heavy atom. The van der Waals surface area contributed by atoms with Gasteiger partial charge in [0.15, 0.2) is 5.43 Å². The smallest absolute Gasteiger partial charge is 0.198 e. The highest BCUT2D eigenvalue weighted by molar-refractivity contribution is 5.81. The van der Waals surface area contributed by atoms with Gasteiger partial charge in [-0.25, -0.2) is 0 Å². The van der Waals surface area contributed by atoms with Crippen LogP contribution < -0.4 is 15.1 Å². The molecule has 0 aliphatic carbocycles. The Balaban J connectivity index is 1.99. The molecule has 1 saturated heterocycles. The predicted octanol–water partition coefficient (Wildman–Crippen LogP) is 1.66. The number of hydrogen-bond donors (Lipinski definition) is 2. The van der Waals surface area contributed by atoms with E-state index in [9.17, 15) is 4.79 Å². The van der Waals surface area contributed by atoms with Gasteiger partial charge in [0.1, 0.15) is 12.3 Å². The highest BCUT2D eigenvalue weighted by Gasteiger charge is 2.22. The Kier molecular flexibility index (Phi) is 4.21. The van der Waals surface area contributed by atoms with Gasteiger partial charge in [-0.1, -0.05) is 6.92 Å². The molecule has 0 spiro atoms. The molecule has 2 unspecified atom stereocenters. The largest absolute Gasteiger partial charge is 0.497 e. The summed E-state index contributed by atoms with van der Waals surface area (Å²) in [7, 11) is 1.63. The minimum Gasteiger partial charge on any atom is -0.497 e. The fourth-order valence-electron chi connectivity index (χ4n) is 3.58. The number of aromatic nitrogens is 1. The number of quaternary nitrogens is 1. The van der Waals surface area contributed by atoms with Crippen LogP contribution in [0.4, 0.5) is 0 Å². The van der Waals surface area contributed by atoms with Crippen molar-refractivity contribution in [2.45, 2.75) is 33.2 Å². The molecule has 1 aromatic heterocycles. The Morgan fingerprint density at radius 3 is 2.95 bits per heavy atom. The maximum atomic E-state index is 12.9. The minimum absolute atomic E-state index is 0.149. The summed E-state index contributed by atoms with van der Waals surface area (Å²) in [6.07, 6.45) is 2.57. The number of ether oxygens (including phenoxy) is 1. The fraction of sp³-hybridized carbons (Fsp3) is 0.500. The number of fused-ring (bicyclic) bond motifs is 1. The van der Waals surface area contributed by atoms with Crippen molar-refractivity contribution in [3.8, 4) is 5.75 Å². The number of aromatic amines is 1. The third kappa shape index (κ3) is 2.88. The van der Waals surface area contributed by atoms with Gasteiger partial charge in [0, 0.05) is 22.5 Å². The van der Waals surface area contributed by atoms with Gasteiger partial charge in [0.05, 0.1) is 25.8 Å². The van der Waals surface area contributed by atoms with Gasteiger partial charge in [0.2, 0.25) is 0 Å². The van der Waals surface area contributed by atoms with Crippen LogP contribution in [0, 0.1) is 12.8 Å². The third-order valence-corrected chi connectivity index (χ3v) is 4.81. The molecule has 0 bridgehead atoms. The summed E-state index contributed by atoms with van der Waals surface area (Å²) in [6.45, 7) is 7.46. The van der Waals surface area contributed by atoms with Gasteiger partial charge >= 0.3 is 0 Å². The molecule has 1 aliphatic rings. The number of aryl methyl sites for hydroxylation is 1. The van der Waals surface area contributed by atoms with Crippen molar-refractivity contribution in [3.05, 3.63) is 39.7 Å². The first kappa shape index (κ1) is 15.1. The quantitative estimate of drug-likeness (QED) is 0.906. The molecule has 0 saturated carbocycles. The van der Waals surface area contributed by atoms with Crippen LogP contribution >= 0.6 is 0 Å². The van der Waals surface area contributed by atoms with Crippen LogP contribution in [0.5, 0.6) is 5.75 Å². The van der Waals surface area contributed by atoms with Gasteiger partial charge in [-0.15, -0.1) is 0 Å². The topological polar surface area (TPSA) is 46.5 Å². The first-order chi connectivity index (χ1) is 10.6. The molecule has 2 N–H and O–H groups in total. The standard InChI is InChI=1S/C18H24N2O2/c1-12-5-4-8-20(10-12)11-16-13(2)19-17-7-6-14(22-3)9-15(17)18(16)21/h6-7,9,12H,4-5,8,10-11H2,1-3H3,(H,19,21)/p+1. The van der Waals surface area contributed by atoms with E-state index >= 15 is 0 Å². The first-order valence-electron chi connectivity index (χ1n) is 8.11. The molecule has 0 radical (unpaired) electrons. The van der Waals surface area contributed by atoms with E-state index in [4.69, 9.17) is 4.74 Å². The highest BCUT2D eigenvalue weighted by atomic mass is 16.5. The van der Waals surface area contributed by atoms with Crippen LogP contribution in [0.25, 0.3) is 10.9 Å². The number of nitrogens with one attached hydrogen (secondary N) is 2. The van der Waals surface area contributed by atoms with Crippen LogP contribution in [-0.2, 0) is 6.54 Å². The molecule has 3 rings (SSSR count). The van der Waals surface area contributed by atoms with E-state index in [0.29, 0.717) is 0 Å². The molecular weight excluding hydrogens is 276 g/mol. The Labute approximate surface area is 131 Å². The number of likely N-dealkylation sites (tertiary alicyclic amines) is 1. The normalized spacial score (nSPS) is 22.0.